The lowest BCUT2D eigenvalue weighted by atomic mass is 10.2. The second kappa shape index (κ2) is 6.72. The number of thiophene rings is 1. The van der Waals surface area contributed by atoms with Crippen molar-refractivity contribution in [2.75, 3.05) is 10.6 Å². The van der Waals surface area contributed by atoms with Crippen LogP contribution in [-0.2, 0) is 4.79 Å². The number of hydrogen-bond donors (Lipinski definition) is 2. The predicted octanol–water partition coefficient (Wildman–Crippen LogP) is 4.08. The Bertz CT molecular complexity index is 823. The minimum absolute atomic E-state index is 0.134. The van der Waals surface area contributed by atoms with E-state index in [1.807, 2.05) is 17.5 Å². The van der Waals surface area contributed by atoms with Crippen LogP contribution in [0.3, 0.4) is 0 Å². The van der Waals surface area contributed by atoms with Crippen LogP contribution in [0.25, 0.3) is 9.88 Å². The number of benzene rings is 1. The molecule has 0 radical (unpaired) electrons. The lowest BCUT2D eigenvalue weighted by Gasteiger charge is -2.05. The van der Waals surface area contributed by atoms with Crippen LogP contribution in [0.15, 0.2) is 47.2 Å². The van der Waals surface area contributed by atoms with Crippen LogP contribution in [0, 0.1) is 0 Å². The van der Waals surface area contributed by atoms with Crippen molar-refractivity contribution in [3.63, 3.8) is 0 Å². The zero-order valence-electron chi connectivity index (χ0n) is 12.2. The summed E-state index contributed by atoms with van der Waals surface area (Å²) in [6, 6.07) is 10.9. The molecule has 2 aromatic heterocycles. The van der Waals surface area contributed by atoms with E-state index in [4.69, 9.17) is 0 Å². The van der Waals surface area contributed by atoms with Gasteiger partial charge in [0, 0.05) is 23.7 Å². The molecule has 116 valence electrons. The monoisotopic (exact) mass is 343 g/mol. The minimum atomic E-state index is -0.253. The summed E-state index contributed by atoms with van der Waals surface area (Å²) < 4.78 is 0. The van der Waals surface area contributed by atoms with Crippen molar-refractivity contribution in [2.24, 2.45) is 0 Å². The third kappa shape index (κ3) is 3.82. The maximum Gasteiger partial charge on any atom is 0.275 e. The molecule has 3 rings (SSSR count). The first-order chi connectivity index (χ1) is 11.1. The van der Waals surface area contributed by atoms with E-state index in [0.717, 1.165) is 9.88 Å². The van der Waals surface area contributed by atoms with Crippen LogP contribution in [-0.4, -0.2) is 16.8 Å². The first kappa shape index (κ1) is 15.4. The van der Waals surface area contributed by atoms with Gasteiger partial charge >= 0.3 is 0 Å². The molecule has 0 unspecified atom stereocenters. The first-order valence-electron chi connectivity index (χ1n) is 6.80. The smallest absolute Gasteiger partial charge is 0.275 e. The lowest BCUT2D eigenvalue weighted by molar-refractivity contribution is -0.114. The first-order valence-corrected chi connectivity index (χ1v) is 8.56. The van der Waals surface area contributed by atoms with Crippen LogP contribution in [0.4, 0.5) is 11.4 Å². The summed E-state index contributed by atoms with van der Waals surface area (Å²) in [5.41, 5.74) is 1.73. The Hall–Kier alpha value is -2.51. The van der Waals surface area contributed by atoms with E-state index < -0.39 is 0 Å². The van der Waals surface area contributed by atoms with Crippen LogP contribution in [0.1, 0.15) is 17.4 Å². The van der Waals surface area contributed by atoms with Gasteiger partial charge in [-0.1, -0.05) is 6.07 Å². The minimum Gasteiger partial charge on any atom is -0.326 e. The fourth-order valence-corrected chi connectivity index (χ4v) is 3.54. The molecule has 2 heterocycles. The van der Waals surface area contributed by atoms with E-state index in [2.05, 4.69) is 15.6 Å². The molecular formula is C16H13N3O2S2. The molecule has 1 aromatic carbocycles. The van der Waals surface area contributed by atoms with Crippen LogP contribution in [0.5, 0.6) is 0 Å². The largest absolute Gasteiger partial charge is 0.326 e. The Morgan fingerprint density at radius 2 is 1.70 bits per heavy atom. The van der Waals surface area contributed by atoms with Crippen molar-refractivity contribution in [1.29, 1.82) is 0 Å². The normalized spacial score (nSPS) is 10.3. The number of thiazole rings is 1. The summed E-state index contributed by atoms with van der Waals surface area (Å²) in [6.07, 6.45) is 0. The van der Waals surface area contributed by atoms with E-state index in [-0.39, 0.29) is 11.8 Å². The standard InChI is InChI=1S/C16H13N3O2S2/c1-10(20)17-11-4-6-12(7-5-11)18-15(21)13-9-23-16(19-13)14-3-2-8-22-14/h2-9H,1H3,(H,17,20)(H,18,21). The van der Waals surface area contributed by atoms with Gasteiger partial charge in [0.15, 0.2) is 0 Å². The van der Waals surface area contributed by atoms with E-state index >= 15 is 0 Å². The molecule has 0 aliphatic carbocycles. The van der Waals surface area contributed by atoms with Crippen LogP contribution >= 0.6 is 22.7 Å². The molecule has 0 aliphatic rings. The molecule has 0 saturated heterocycles. The predicted molar refractivity (Wildman–Crippen MR) is 94.1 cm³/mol. The van der Waals surface area contributed by atoms with E-state index in [1.54, 1.807) is 41.0 Å². The molecule has 0 bridgehead atoms. The number of nitrogens with one attached hydrogen (secondary N) is 2. The van der Waals surface area contributed by atoms with Gasteiger partial charge in [-0.05, 0) is 35.7 Å². The molecule has 3 aromatic rings. The molecule has 7 heteroatoms. The van der Waals surface area contributed by atoms with Gasteiger partial charge in [-0.25, -0.2) is 4.98 Å². The number of nitrogens with zero attached hydrogens (tertiary/aromatic N) is 1. The third-order valence-electron chi connectivity index (χ3n) is 2.93. The van der Waals surface area contributed by atoms with E-state index in [1.165, 1.54) is 18.3 Å². The van der Waals surface area contributed by atoms with Crippen LogP contribution < -0.4 is 10.6 Å². The molecule has 23 heavy (non-hydrogen) atoms. The molecule has 0 atom stereocenters. The zero-order valence-corrected chi connectivity index (χ0v) is 13.8. The maximum atomic E-state index is 12.2. The fraction of sp³-hybridized carbons (Fsp3) is 0.0625. The number of aromatic nitrogens is 1. The average molecular weight is 343 g/mol. The topological polar surface area (TPSA) is 71.1 Å². The number of anilines is 2. The van der Waals surface area contributed by atoms with Gasteiger partial charge in [0.25, 0.3) is 5.91 Å². The number of rotatable bonds is 4. The molecule has 0 saturated carbocycles. The highest BCUT2D eigenvalue weighted by molar-refractivity contribution is 7.20. The van der Waals surface area contributed by atoms with E-state index in [0.29, 0.717) is 17.1 Å². The highest BCUT2D eigenvalue weighted by Gasteiger charge is 2.12. The quantitative estimate of drug-likeness (QED) is 0.750. The summed E-state index contributed by atoms with van der Waals surface area (Å²) in [5.74, 6) is -0.387. The Morgan fingerprint density at radius 1 is 1.00 bits per heavy atom. The maximum absolute atomic E-state index is 12.2. The average Bonchev–Trinajstić information content (AvgIpc) is 3.19. The number of carbonyl (C=O) groups is 2. The van der Waals surface area contributed by atoms with Crippen molar-refractivity contribution in [1.82, 2.24) is 4.98 Å². The number of hydrogen-bond acceptors (Lipinski definition) is 5. The summed E-state index contributed by atoms with van der Waals surface area (Å²) in [7, 11) is 0. The van der Waals surface area contributed by atoms with Gasteiger partial charge < -0.3 is 10.6 Å². The van der Waals surface area contributed by atoms with Gasteiger partial charge in [0.2, 0.25) is 5.91 Å². The second-order valence-electron chi connectivity index (χ2n) is 4.73. The Balaban J connectivity index is 1.68. The SMILES string of the molecule is CC(=O)Nc1ccc(NC(=O)c2csc(-c3cccs3)n2)cc1. The van der Waals surface area contributed by atoms with Gasteiger partial charge in [-0.2, -0.15) is 0 Å². The Labute approximate surface area is 141 Å². The lowest BCUT2D eigenvalue weighted by Crippen LogP contribution is -2.12. The molecule has 0 spiro atoms. The Morgan fingerprint density at radius 3 is 2.30 bits per heavy atom. The molecule has 0 fully saturated rings. The van der Waals surface area contributed by atoms with Crippen LogP contribution in [0.2, 0.25) is 0 Å². The Kier molecular flexibility index (Phi) is 4.50. The van der Waals surface area contributed by atoms with Gasteiger partial charge in [0.1, 0.15) is 10.7 Å². The third-order valence-corrected chi connectivity index (χ3v) is 4.81. The molecule has 5 nitrogen and oxygen atoms in total. The van der Waals surface area contributed by atoms with Crippen molar-refractivity contribution in [2.45, 2.75) is 6.92 Å². The fourth-order valence-electron chi connectivity index (χ4n) is 1.93. The molecular weight excluding hydrogens is 330 g/mol. The second-order valence-corrected chi connectivity index (χ2v) is 6.53. The van der Waals surface area contributed by atoms with Crippen molar-refractivity contribution >= 4 is 45.9 Å². The van der Waals surface area contributed by atoms with Gasteiger partial charge in [0.05, 0.1) is 4.88 Å². The van der Waals surface area contributed by atoms with E-state index in [9.17, 15) is 9.59 Å². The molecule has 2 amide bonds. The number of amides is 2. The highest BCUT2D eigenvalue weighted by Crippen LogP contribution is 2.28. The van der Waals surface area contributed by atoms with Gasteiger partial charge in [-0.15, -0.1) is 22.7 Å². The number of carbonyl (C=O) groups excluding carboxylic acids is 2. The summed E-state index contributed by atoms with van der Waals surface area (Å²) in [5, 5.41) is 10.0. The molecule has 0 aliphatic heterocycles. The summed E-state index contributed by atoms with van der Waals surface area (Å²) in [4.78, 5) is 28.6. The summed E-state index contributed by atoms with van der Waals surface area (Å²) in [6.45, 7) is 1.45. The van der Waals surface area contributed by atoms with Crippen molar-refractivity contribution < 1.29 is 9.59 Å². The zero-order chi connectivity index (χ0) is 16.2. The van der Waals surface area contributed by atoms with Crippen molar-refractivity contribution in [3.05, 3.63) is 52.9 Å². The highest BCUT2D eigenvalue weighted by atomic mass is 32.1. The van der Waals surface area contributed by atoms with Gasteiger partial charge in [-0.3, -0.25) is 9.59 Å². The molecule has 2 N–H and O–H groups in total. The van der Waals surface area contributed by atoms with Crippen molar-refractivity contribution in [3.8, 4) is 9.88 Å². The summed E-state index contributed by atoms with van der Waals surface area (Å²) >= 11 is 3.04.